The SMILES string of the molecule is CC1CCCCC1OCC(=O)N1CCCc2c(N)cccc21. The van der Waals surface area contributed by atoms with Crippen LogP contribution < -0.4 is 10.6 Å². The molecule has 1 amide bonds. The fourth-order valence-electron chi connectivity index (χ4n) is 3.70. The molecule has 0 saturated heterocycles. The molecular weight excluding hydrogens is 276 g/mol. The minimum Gasteiger partial charge on any atom is -0.398 e. The normalized spacial score (nSPS) is 24.9. The van der Waals surface area contributed by atoms with Crippen LogP contribution in [0.3, 0.4) is 0 Å². The summed E-state index contributed by atoms with van der Waals surface area (Å²) in [7, 11) is 0. The number of nitrogens with zero attached hydrogens (tertiary/aromatic N) is 1. The molecule has 2 atom stereocenters. The zero-order valence-corrected chi connectivity index (χ0v) is 13.4. The highest BCUT2D eigenvalue weighted by molar-refractivity contribution is 5.96. The van der Waals surface area contributed by atoms with Crippen molar-refractivity contribution in [1.29, 1.82) is 0 Å². The molecule has 0 radical (unpaired) electrons. The average Bonchev–Trinajstić information content (AvgIpc) is 2.54. The zero-order chi connectivity index (χ0) is 15.5. The molecule has 1 fully saturated rings. The highest BCUT2D eigenvalue weighted by atomic mass is 16.5. The van der Waals surface area contributed by atoms with E-state index in [2.05, 4.69) is 6.92 Å². The number of rotatable bonds is 3. The van der Waals surface area contributed by atoms with E-state index in [1.807, 2.05) is 23.1 Å². The second-order valence-electron chi connectivity index (χ2n) is 6.61. The maximum atomic E-state index is 12.6. The summed E-state index contributed by atoms with van der Waals surface area (Å²) in [5, 5.41) is 0. The van der Waals surface area contributed by atoms with Gasteiger partial charge in [-0.25, -0.2) is 0 Å². The van der Waals surface area contributed by atoms with Gasteiger partial charge in [0.2, 0.25) is 0 Å². The van der Waals surface area contributed by atoms with Crippen molar-refractivity contribution < 1.29 is 9.53 Å². The lowest BCUT2D eigenvalue weighted by Gasteiger charge is -2.32. The first-order valence-electron chi connectivity index (χ1n) is 8.46. The van der Waals surface area contributed by atoms with Crippen molar-refractivity contribution in [2.45, 2.75) is 51.6 Å². The Morgan fingerprint density at radius 2 is 2.14 bits per heavy atom. The summed E-state index contributed by atoms with van der Waals surface area (Å²) in [4.78, 5) is 14.4. The highest BCUT2D eigenvalue weighted by Gasteiger charge is 2.26. The third-order valence-corrected chi connectivity index (χ3v) is 5.04. The summed E-state index contributed by atoms with van der Waals surface area (Å²) < 4.78 is 5.93. The predicted octanol–water partition coefficient (Wildman–Crippen LogP) is 3.14. The number of fused-ring (bicyclic) bond motifs is 1. The number of hydrogen-bond acceptors (Lipinski definition) is 3. The van der Waals surface area contributed by atoms with Crippen molar-refractivity contribution in [2.75, 3.05) is 23.8 Å². The number of ether oxygens (including phenoxy) is 1. The van der Waals surface area contributed by atoms with E-state index in [4.69, 9.17) is 10.5 Å². The monoisotopic (exact) mass is 302 g/mol. The lowest BCUT2D eigenvalue weighted by Crippen LogP contribution is -2.39. The Labute approximate surface area is 132 Å². The Balaban J connectivity index is 1.65. The largest absolute Gasteiger partial charge is 0.398 e. The fraction of sp³-hybridized carbons (Fsp3) is 0.611. The number of anilines is 2. The number of nitrogen functional groups attached to an aromatic ring is 1. The van der Waals surface area contributed by atoms with Crippen LogP contribution in [0.4, 0.5) is 11.4 Å². The third-order valence-electron chi connectivity index (χ3n) is 5.04. The standard InChI is InChI=1S/C18H26N2O2/c1-13-6-2-3-10-17(13)22-12-18(21)20-11-5-7-14-15(19)8-4-9-16(14)20/h4,8-9,13,17H,2-3,5-7,10-12,19H2,1H3. The number of benzene rings is 1. The maximum Gasteiger partial charge on any atom is 0.252 e. The first-order valence-corrected chi connectivity index (χ1v) is 8.46. The summed E-state index contributed by atoms with van der Waals surface area (Å²) in [5.74, 6) is 0.621. The van der Waals surface area contributed by atoms with Crippen LogP contribution >= 0.6 is 0 Å². The van der Waals surface area contributed by atoms with Crippen LogP contribution in [0.15, 0.2) is 18.2 Å². The van der Waals surface area contributed by atoms with Gasteiger partial charge in [-0.15, -0.1) is 0 Å². The first kappa shape index (κ1) is 15.3. The molecule has 1 saturated carbocycles. The molecule has 4 nitrogen and oxygen atoms in total. The van der Waals surface area contributed by atoms with Crippen molar-refractivity contribution in [1.82, 2.24) is 0 Å². The molecule has 1 heterocycles. The molecule has 2 unspecified atom stereocenters. The van der Waals surface area contributed by atoms with Gasteiger partial charge < -0.3 is 15.4 Å². The number of hydrogen-bond donors (Lipinski definition) is 1. The minimum absolute atomic E-state index is 0.0596. The maximum absolute atomic E-state index is 12.6. The summed E-state index contributed by atoms with van der Waals surface area (Å²) in [5.41, 5.74) is 8.91. The van der Waals surface area contributed by atoms with Crippen molar-refractivity contribution in [2.24, 2.45) is 5.92 Å². The molecule has 1 aliphatic heterocycles. The molecule has 1 aliphatic carbocycles. The Kier molecular flexibility index (Phi) is 4.67. The van der Waals surface area contributed by atoms with Crippen molar-refractivity contribution in [3.05, 3.63) is 23.8 Å². The summed E-state index contributed by atoms with van der Waals surface area (Å²) in [6, 6.07) is 5.82. The molecule has 1 aromatic rings. The molecule has 4 heteroatoms. The van der Waals surface area contributed by atoms with Gasteiger partial charge in [0.15, 0.2) is 0 Å². The summed E-state index contributed by atoms with van der Waals surface area (Å²) >= 11 is 0. The van der Waals surface area contributed by atoms with E-state index in [0.717, 1.165) is 42.7 Å². The van der Waals surface area contributed by atoms with Crippen LogP contribution in [0.2, 0.25) is 0 Å². The van der Waals surface area contributed by atoms with Crippen LogP contribution in [-0.2, 0) is 16.0 Å². The molecular formula is C18H26N2O2. The Morgan fingerprint density at radius 1 is 1.32 bits per heavy atom. The van der Waals surface area contributed by atoms with Crippen molar-refractivity contribution >= 4 is 17.3 Å². The van der Waals surface area contributed by atoms with E-state index in [1.54, 1.807) is 0 Å². The van der Waals surface area contributed by atoms with Crippen LogP contribution in [0.1, 0.15) is 44.6 Å². The molecule has 1 aromatic carbocycles. The van der Waals surface area contributed by atoms with E-state index in [0.29, 0.717) is 5.92 Å². The molecule has 0 bridgehead atoms. The molecule has 2 N–H and O–H groups in total. The van der Waals surface area contributed by atoms with Crippen molar-refractivity contribution in [3.8, 4) is 0 Å². The quantitative estimate of drug-likeness (QED) is 0.873. The lowest BCUT2D eigenvalue weighted by molar-refractivity contribution is -0.127. The Morgan fingerprint density at radius 3 is 2.95 bits per heavy atom. The van der Waals surface area contributed by atoms with Crippen LogP contribution in [0.25, 0.3) is 0 Å². The van der Waals surface area contributed by atoms with E-state index in [-0.39, 0.29) is 18.6 Å². The molecule has 0 spiro atoms. The fourth-order valence-corrected chi connectivity index (χ4v) is 3.70. The highest BCUT2D eigenvalue weighted by Crippen LogP contribution is 2.32. The second kappa shape index (κ2) is 6.69. The van der Waals surface area contributed by atoms with Gasteiger partial charge in [-0.1, -0.05) is 25.8 Å². The zero-order valence-electron chi connectivity index (χ0n) is 13.4. The smallest absolute Gasteiger partial charge is 0.252 e. The van der Waals surface area contributed by atoms with Crippen LogP contribution in [0, 0.1) is 5.92 Å². The summed E-state index contributed by atoms with van der Waals surface area (Å²) in [6.07, 6.45) is 6.95. The predicted molar refractivity (Wildman–Crippen MR) is 88.9 cm³/mol. The van der Waals surface area contributed by atoms with Crippen molar-refractivity contribution in [3.63, 3.8) is 0 Å². The third kappa shape index (κ3) is 3.12. The van der Waals surface area contributed by atoms with E-state index in [1.165, 1.54) is 19.3 Å². The number of nitrogens with two attached hydrogens (primary N) is 1. The minimum atomic E-state index is 0.0596. The number of carbonyl (C=O) groups excluding carboxylic acids is 1. The molecule has 3 rings (SSSR count). The molecule has 0 aromatic heterocycles. The van der Waals surface area contributed by atoms with Gasteiger partial charge in [-0.3, -0.25) is 4.79 Å². The van der Waals surface area contributed by atoms with Gasteiger partial charge in [0, 0.05) is 17.9 Å². The van der Waals surface area contributed by atoms with Gasteiger partial charge in [-0.05, 0) is 49.3 Å². The molecule has 120 valence electrons. The first-order chi connectivity index (χ1) is 10.7. The number of carbonyl (C=O) groups is 1. The Bertz CT molecular complexity index is 544. The van der Waals surface area contributed by atoms with Gasteiger partial charge in [-0.2, -0.15) is 0 Å². The van der Waals surface area contributed by atoms with Crippen LogP contribution in [0.5, 0.6) is 0 Å². The van der Waals surface area contributed by atoms with E-state index >= 15 is 0 Å². The van der Waals surface area contributed by atoms with E-state index in [9.17, 15) is 4.79 Å². The molecule has 22 heavy (non-hydrogen) atoms. The molecule has 2 aliphatic rings. The Hall–Kier alpha value is -1.55. The van der Waals surface area contributed by atoms with Gasteiger partial charge in [0.05, 0.1) is 6.10 Å². The van der Waals surface area contributed by atoms with Gasteiger partial charge in [0.25, 0.3) is 5.91 Å². The topological polar surface area (TPSA) is 55.6 Å². The second-order valence-corrected chi connectivity index (χ2v) is 6.61. The van der Waals surface area contributed by atoms with Gasteiger partial charge in [0.1, 0.15) is 6.61 Å². The summed E-state index contributed by atoms with van der Waals surface area (Å²) in [6.45, 7) is 3.17. The van der Waals surface area contributed by atoms with Gasteiger partial charge >= 0.3 is 0 Å². The average molecular weight is 302 g/mol. The lowest BCUT2D eigenvalue weighted by atomic mass is 9.88. The van der Waals surface area contributed by atoms with Crippen LogP contribution in [-0.4, -0.2) is 25.2 Å². The number of amides is 1. The van der Waals surface area contributed by atoms with E-state index < -0.39 is 0 Å².